The molecule has 2 aromatic heterocycles. The minimum absolute atomic E-state index is 0. The molecular weight excluding hydrogens is 493 g/mol. The number of aryl methyl sites for hydroxylation is 1. The molecular formula is C22H30IN5O2. The van der Waals surface area contributed by atoms with E-state index >= 15 is 0 Å². The summed E-state index contributed by atoms with van der Waals surface area (Å²) in [4.78, 5) is 9.38. The molecule has 0 aliphatic carbocycles. The van der Waals surface area contributed by atoms with Gasteiger partial charge >= 0.3 is 0 Å². The van der Waals surface area contributed by atoms with Gasteiger partial charge in [0.2, 0.25) is 0 Å². The molecule has 1 unspecified atom stereocenters. The second-order valence-corrected chi connectivity index (χ2v) is 6.80. The maximum absolute atomic E-state index is 5.51. The molecule has 1 aromatic carbocycles. The second-order valence-electron chi connectivity index (χ2n) is 6.80. The van der Waals surface area contributed by atoms with Gasteiger partial charge in [-0.15, -0.1) is 24.0 Å². The zero-order valence-corrected chi connectivity index (χ0v) is 20.4. The van der Waals surface area contributed by atoms with E-state index < -0.39 is 0 Å². The van der Waals surface area contributed by atoms with E-state index in [9.17, 15) is 0 Å². The molecule has 7 nitrogen and oxygen atoms in total. The first-order valence-corrected chi connectivity index (χ1v) is 9.76. The van der Waals surface area contributed by atoms with Crippen LogP contribution in [0.4, 0.5) is 0 Å². The molecule has 0 saturated heterocycles. The summed E-state index contributed by atoms with van der Waals surface area (Å²) >= 11 is 0. The van der Waals surface area contributed by atoms with E-state index in [1.54, 1.807) is 14.2 Å². The largest absolute Gasteiger partial charge is 0.497 e. The van der Waals surface area contributed by atoms with Gasteiger partial charge in [0, 0.05) is 24.0 Å². The Kier molecular flexibility index (Phi) is 8.76. The summed E-state index contributed by atoms with van der Waals surface area (Å²) in [6, 6.07) is 11.8. The number of hydrogen-bond donors (Lipinski definition) is 2. The lowest BCUT2D eigenvalue weighted by molar-refractivity contribution is 0.394. The normalized spacial score (nSPS) is 12.2. The van der Waals surface area contributed by atoms with Gasteiger partial charge in [-0.3, -0.25) is 0 Å². The third-order valence-electron chi connectivity index (χ3n) is 4.75. The van der Waals surface area contributed by atoms with Crippen molar-refractivity contribution < 1.29 is 9.47 Å². The van der Waals surface area contributed by atoms with Gasteiger partial charge in [-0.25, -0.2) is 9.98 Å². The first kappa shape index (κ1) is 23.8. The summed E-state index contributed by atoms with van der Waals surface area (Å²) in [7, 11) is 3.33. The number of guanidine groups is 1. The number of aliphatic imine (C=N–C) groups is 1. The smallest absolute Gasteiger partial charge is 0.192 e. The Hall–Kier alpha value is -2.49. The highest BCUT2D eigenvalue weighted by molar-refractivity contribution is 14.0. The maximum atomic E-state index is 5.51. The van der Waals surface area contributed by atoms with Gasteiger partial charge in [-0.1, -0.05) is 6.07 Å². The molecule has 2 heterocycles. The number of pyridine rings is 1. The zero-order valence-electron chi connectivity index (χ0n) is 18.1. The molecule has 1 atom stereocenters. The number of halogens is 1. The molecule has 8 heteroatoms. The predicted molar refractivity (Wildman–Crippen MR) is 131 cm³/mol. The van der Waals surface area contributed by atoms with Crippen molar-refractivity contribution >= 4 is 35.6 Å². The van der Waals surface area contributed by atoms with Gasteiger partial charge in [0.05, 0.1) is 32.5 Å². The number of nitrogens with one attached hydrogen (secondary N) is 2. The monoisotopic (exact) mass is 523 g/mol. The van der Waals surface area contributed by atoms with Gasteiger partial charge in [0.15, 0.2) is 5.96 Å². The minimum Gasteiger partial charge on any atom is -0.497 e. The van der Waals surface area contributed by atoms with Crippen LogP contribution in [0.25, 0.3) is 5.65 Å². The van der Waals surface area contributed by atoms with Crippen molar-refractivity contribution in [3.63, 3.8) is 0 Å². The Morgan fingerprint density at radius 2 is 2.00 bits per heavy atom. The summed E-state index contributed by atoms with van der Waals surface area (Å²) < 4.78 is 13.0. The van der Waals surface area contributed by atoms with Crippen molar-refractivity contribution in [2.24, 2.45) is 4.99 Å². The molecule has 0 saturated carbocycles. The number of imidazole rings is 1. The number of benzene rings is 1. The molecule has 3 aromatic rings. The van der Waals surface area contributed by atoms with E-state index in [1.165, 1.54) is 0 Å². The summed E-state index contributed by atoms with van der Waals surface area (Å²) in [5.41, 5.74) is 4.00. The van der Waals surface area contributed by atoms with Crippen molar-refractivity contribution in [2.45, 2.75) is 33.4 Å². The van der Waals surface area contributed by atoms with Gasteiger partial charge in [0.25, 0.3) is 0 Å². The quantitative estimate of drug-likeness (QED) is 0.277. The van der Waals surface area contributed by atoms with E-state index in [1.807, 2.05) is 43.5 Å². The molecule has 30 heavy (non-hydrogen) atoms. The second kappa shape index (κ2) is 11.1. The van der Waals surface area contributed by atoms with Crippen molar-refractivity contribution in [2.75, 3.05) is 20.8 Å². The Labute approximate surface area is 194 Å². The molecule has 0 bridgehead atoms. The van der Waals surface area contributed by atoms with Crippen LogP contribution < -0.4 is 20.1 Å². The number of hydrogen-bond acceptors (Lipinski definition) is 4. The molecule has 0 aliphatic rings. The van der Waals surface area contributed by atoms with Crippen molar-refractivity contribution in [1.29, 1.82) is 0 Å². The Bertz CT molecular complexity index is 1000. The fourth-order valence-electron chi connectivity index (χ4n) is 3.22. The number of ether oxygens (including phenoxy) is 2. The number of aromatic nitrogens is 2. The standard InChI is InChI=1S/C22H29N5O2.HI/c1-6-23-22(24-13-17-14-27-15(2)8-7-9-21(27)26-17)25-16(3)19-12-18(28-4)10-11-20(19)29-5;/h7-12,14,16H,6,13H2,1-5H3,(H2,23,24,25);1H. The van der Waals surface area contributed by atoms with Crippen LogP contribution in [0.3, 0.4) is 0 Å². The number of methoxy groups -OCH3 is 2. The van der Waals surface area contributed by atoms with Crippen LogP contribution in [-0.2, 0) is 6.54 Å². The first-order valence-electron chi connectivity index (χ1n) is 9.76. The van der Waals surface area contributed by atoms with Crippen molar-refractivity contribution in [1.82, 2.24) is 20.0 Å². The Morgan fingerprint density at radius 1 is 1.20 bits per heavy atom. The highest BCUT2D eigenvalue weighted by Crippen LogP contribution is 2.29. The van der Waals surface area contributed by atoms with Crippen molar-refractivity contribution in [3.8, 4) is 11.5 Å². The summed E-state index contributed by atoms with van der Waals surface area (Å²) in [5.74, 6) is 2.31. The van der Waals surface area contributed by atoms with Crippen LogP contribution in [0.2, 0.25) is 0 Å². The number of fused-ring (bicyclic) bond motifs is 1. The summed E-state index contributed by atoms with van der Waals surface area (Å²) in [5, 5.41) is 6.74. The van der Waals surface area contributed by atoms with Gasteiger partial charge in [-0.05, 0) is 51.1 Å². The molecule has 0 aliphatic heterocycles. The van der Waals surface area contributed by atoms with Gasteiger partial charge in [-0.2, -0.15) is 0 Å². The van der Waals surface area contributed by atoms with Crippen LogP contribution in [0, 0.1) is 6.92 Å². The Balaban J connectivity index is 0.00000320. The lowest BCUT2D eigenvalue weighted by Gasteiger charge is -2.20. The lowest BCUT2D eigenvalue weighted by atomic mass is 10.1. The van der Waals surface area contributed by atoms with E-state index in [0.717, 1.165) is 46.6 Å². The van der Waals surface area contributed by atoms with Gasteiger partial charge < -0.3 is 24.5 Å². The topological polar surface area (TPSA) is 72.2 Å². The van der Waals surface area contributed by atoms with E-state index in [0.29, 0.717) is 6.54 Å². The van der Waals surface area contributed by atoms with Crippen LogP contribution in [-0.4, -0.2) is 36.1 Å². The van der Waals surface area contributed by atoms with Crippen LogP contribution in [0.15, 0.2) is 47.6 Å². The maximum Gasteiger partial charge on any atom is 0.192 e. The molecule has 0 fully saturated rings. The predicted octanol–water partition coefficient (Wildman–Crippen LogP) is 4.09. The lowest BCUT2D eigenvalue weighted by Crippen LogP contribution is -2.38. The summed E-state index contributed by atoms with van der Waals surface area (Å²) in [6.45, 7) is 7.42. The average Bonchev–Trinajstić information content (AvgIpc) is 3.16. The SMILES string of the molecule is CCNC(=NCc1cn2c(C)cccc2n1)NC(C)c1cc(OC)ccc1OC.I. The fourth-order valence-corrected chi connectivity index (χ4v) is 3.22. The summed E-state index contributed by atoms with van der Waals surface area (Å²) in [6.07, 6.45) is 2.03. The van der Waals surface area contributed by atoms with Gasteiger partial charge in [0.1, 0.15) is 17.1 Å². The molecule has 3 rings (SSSR count). The minimum atomic E-state index is -0.0267. The van der Waals surface area contributed by atoms with Crippen LogP contribution in [0.1, 0.15) is 36.8 Å². The van der Waals surface area contributed by atoms with Crippen LogP contribution >= 0.6 is 24.0 Å². The number of nitrogens with zero attached hydrogens (tertiary/aromatic N) is 3. The first-order chi connectivity index (χ1) is 14.0. The third kappa shape index (κ3) is 5.56. The highest BCUT2D eigenvalue weighted by atomic mass is 127. The molecule has 0 radical (unpaired) electrons. The van der Waals surface area contributed by atoms with Crippen LogP contribution in [0.5, 0.6) is 11.5 Å². The molecule has 162 valence electrons. The fraction of sp³-hybridized carbons (Fsp3) is 0.364. The van der Waals surface area contributed by atoms with E-state index in [-0.39, 0.29) is 30.0 Å². The van der Waals surface area contributed by atoms with Crippen molar-refractivity contribution in [3.05, 3.63) is 59.5 Å². The average molecular weight is 523 g/mol. The molecule has 0 amide bonds. The number of rotatable bonds is 7. The Morgan fingerprint density at radius 3 is 2.67 bits per heavy atom. The highest BCUT2D eigenvalue weighted by Gasteiger charge is 2.14. The van der Waals surface area contributed by atoms with E-state index in [4.69, 9.17) is 14.5 Å². The van der Waals surface area contributed by atoms with E-state index in [2.05, 4.69) is 39.9 Å². The zero-order chi connectivity index (χ0) is 20.8. The molecule has 0 spiro atoms. The molecule has 2 N–H and O–H groups in total. The third-order valence-corrected chi connectivity index (χ3v) is 4.75.